The van der Waals surface area contributed by atoms with E-state index in [9.17, 15) is 0 Å². The molecule has 0 aliphatic carbocycles. The van der Waals surface area contributed by atoms with Crippen molar-refractivity contribution in [2.75, 3.05) is 45.2 Å². The molecule has 0 spiro atoms. The van der Waals surface area contributed by atoms with Gasteiger partial charge in [0.15, 0.2) is 0 Å². The van der Waals surface area contributed by atoms with Crippen LogP contribution in [-0.2, 0) is 4.74 Å². The van der Waals surface area contributed by atoms with Gasteiger partial charge in [0.1, 0.15) is 12.1 Å². The molecule has 1 fully saturated rings. The number of nitrogens with zero attached hydrogens (tertiary/aromatic N) is 3. The molecule has 7 nitrogen and oxygen atoms in total. The van der Waals surface area contributed by atoms with Gasteiger partial charge in [0, 0.05) is 48.2 Å². The molecule has 0 saturated carbocycles. The van der Waals surface area contributed by atoms with Crippen molar-refractivity contribution >= 4 is 27.5 Å². The molecule has 0 bridgehead atoms. The van der Waals surface area contributed by atoms with E-state index in [1.807, 2.05) is 36.5 Å². The molecule has 1 saturated heterocycles. The zero-order chi connectivity index (χ0) is 20.3. The van der Waals surface area contributed by atoms with E-state index < -0.39 is 0 Å². The Balaban J connectivity index is 1.34. The zero-order valence-corrected chi connectivity index (χ0v) is 16.8. The molecule has 0 unspecified atom stereocenters. The lowest BCUT2D eigenvalue weighted by molar-refractivity contribution is 0.0358. The molecule has 3 N–H and O–H groups in total. The van der Waals surface area contributed by atoms with Crippen LogP contribution in [0.1, 0.15) is 6.42 Å². The Hall–Kier alpha value is -3.16. The van der Waals surface area contributed by atoms with Crippen molar-refractivity contribution in [2.24, 2.45) is 0 Å². The number of rotatable bonds is 6. The predicted molar refractivity (Wildman–Crippen MR) is 119 cm³/mol. The molecule has 154 valence electrons. The van der Waals surface area contributed by atoms with E-state index in [-0.39, 0.29) is 0 Å². The number of para-hydroxylation sites is 1. The molecule has 30 heavy (non-hydrogen) atoms. The molecule has 0 atom stereocenters. The molecular formula is C23H25N5O2. The van der Waals surface area contributed by atoms with Crippen LogP contribution in [0.4, 0.5) is 5.69 Å². The fraction of sp³-hybridized carbons (Fsp3) is 0.304. The summed E-state index contributed by atoms with van der Waals surface area (Å²) in [6.07, 6.45) is 4.55. The van der Waals surface area contributed by atoms with Crippen LogP contribution in [0.3, 0.4) is 0 Å². The number of morpholine rings is 1. The molecule has 2 aromatic carbocycles. The summed E-state index contributed by atoms with van der Waals surface area (Å²) < 4.78 is 11.4. The normalized spacial score (nSPS) is 15.1. The van der Waals surface area contributed by atoms with Crippen molar-refractivity contribution < 1.29 is 9.47 Å². The number of hydrogen-bond acceptors (Lipinski definition) is 6. The van der Waals surface area contributed by atoms with E-state index in [0.717, 1.165) is 83.8 Å². The van der Waals surface area contributed by atoms with Crippen LogP contribution in [-0.4, -0.2) is 59.3 Å². The van der Waals surface area contributed by atoms with Crippen LogP contribution >= 0.6 is 0 Å². The number of hydrogen-bond donors (Lipinski definition) is 2. The summed E-state index contributed by atoms with van der Waals surface area (Å²) in [5.41, 5.74) is 10.5. The maximum Gasteiger partial charge on any atom is 0.121 e. The second-order valence-electron chi connectivity index (χ2n) is 7.53. The predicted octanol–water partition coefficient (Wildman–Crippen LogP) is 3.46. The summed E-state index contributed by atoms with van der Waals surface area (Å²) in [6, 6.07) is 11.9. The van der Waals surface area contributed by atoms with Crippen molar-refractivity contribution in [2.45, 2.75) is 6.42 Å². The number of nitrogen functional groups attached to an aromatic ring is 1. The third kappa shape index (κ3) is 3.69. The number of nitrogens with one attached hydrogen (secondary N) is 1. The summed E-state index contributed by atoms with van der Waals surface area (Å²) in [7, 11) is 0. The van der Waals surface area contributed by atoms with Gasteiger partial charge in [-0.3, -0.25) is 4.90 Å². The Bertz CT molecular complexity index is 1170. The maximum atomic E-state index is 6.10. The van der Waals surface area contributed by atoms with Gasteiger partial charge in [0.05, 0.1) is 42.2 Å². The zero-order valence-electron chi connectivity index (χ0n) is 16.8. The van der Waals surface area contributed by atoms with Crippen molar-refractivity contribution in [1.82, 2.24) is 19.9 Å². The topological polar surface area (TPSA) is 89.3 Å². The van der Waals surface area contributed by atoms with Gasteiger partial charge < -0.3 is 20.2 Å². The number of benzene rings is 2. The van der Waals surface area contributed by atoms with E-state index in [1.54, 1.807) is 6.33 Å². The van der Waals surface area contributed by atoms with Crippen LogP contribution in [0.15, 0.2) is 48.9 Å². The molecule has 1 aliphatic rings. The summed E-state index contributed by atoms with van der Waals surface area (Å²) >= 11 is 0. The van der Waals surface area contributed by atoms with Gasteiger partial charge >= 0.3 is 0 Å². The molecule has 0 amide bonds. The summed E-state index contributed by atoms with van der Waals surface area (Å²) in [5.74, 6) is 0.831. The van der Waals surface area contributed by atoms with Gasteiger partial charge in [0.25, 0.3) is 0 Å². The number of aromatic nitrogens is 3. The van der Waals surface area contributed by atoms with Crippen molar-refractivity contribution in [1.29, 1.82) is 0 Å². The fourth-order valence-corrected chi connectivity index (χ4v) is 4.02. The van der Waals surface area contributed by atoms with Crippen LogP contribution in [0, 0.1) is 0 Å². The maximum absolute atomic E-state index is 6.10. The molecule has 2 aromatic heterocycles. The van der Waals surface area contributed by atoms with Gasteiger partial charge in [0.2, 0.25) is 0 Å². The van der Waals surface area contributed by atoms with Crippen LogP contribution in [0.2, 0.25) is 0 Å². The Kier molecular flexibility index (Phi) is 5.21. The Morgan fingerprint density at radius 3 is 2.90 bits per heavy atom. The fourth-order valence-electron chi connectivity index (χ4n) is 4.02. The third-order valence-corrected chi connectivity index (χ3v) is 5.60. The second-order valence-corrected chi connectivity index (χ2v) is 7.53. The van der Waals surface area contributed by atoms with Crippen LogP contribution in [0.25, 0.3) is 33.1 Å². The Labute approximate surface area is 174 Å². The summed E-state index contributed by atoms with van der Waals surface area (Å²) in [4.78, 5) is 14.7. The monoisotopic (exact) mass is 403 g/mol. The highest BCUT2D eigenvalue weighted by Gasteiger charge is 2.13. The first kappa shape index (κ1) is 18.8. The first-order valence-corrected chi connectivity index (χ1v) is 10.3. The number of ether oxygens (including phenoxy) is 2. The van der Waals surface area contributed by atoms with E-state index in [2.05, 4.69) is 25.9 Å². The lowest BCUT2D eigenvalue weighted by Crippen LogP contribution is -2.37. The highest BCUT2D eigenvalue weighted by atomic mass is 16.5. The van der Waals surface area contributed by atoms with Crippen molar-refractivity contribution in [3.63, 3.8) is 0 Å². The van der Waals surface area contributed by atoms with E-state index in [4.69, 9.17) is 15.2 Å². The molecule has 5 rings (SSSR count). The highest BCUT2D eigenvalue weighted by molar-refractivity contribution is 6.05. The van der Waals surface area contributed by atoms with E-state index >= 15 is 0 Å². The standard InChI is InChI=1S/C23H25N5O2/c24-20-4-1-3-17-19(14-25-23(17)20)22-18-6-5-16(13-21(18)26-15-27-22)30-10-2-7-28-8-11-29-12-9-28/h1,3-6,13-15,25H,2,7-12,24H2. The van der Waals surface area contributed by atoms with E-state index in [1.165, 1.54) is 0 Å². The minimum Gasteiger partial charge on any atom is -0.493 e. The van der Waals surface area contributed by atoms with Gasteiger partial charge in [-0.05, 0) is 24.6 Å². The van der Waals surface area contributed by atoms with Crippen molar-refractivity contribution in [3.8, 4) is 17.0 Å². The molecule has 4 aromatic rings. The third-order valence-electron chi connectivity index (χ3n) is 5.60. The van der Waals surface area contributed by atoms with Gasteiger partial charge in [-0.15, -0.1) is 0 Å². The quantitative estimate of drug-likeness (QED) is 0.379. The first-order chi connectivity index (χ1) is 14.8. The number of fused-ring (bicyclic) bond motifs is 2. The summed E-state index contributed by atoms with van der Waals surface area (Å²) in [6.45, 7) is 5.40. The smallest absolute Gasteiger partial charge is 0.121 e. The molecular weight excluding hydrogens is 378 g/mol. The molecule has 1 aliphatic heterocycles. The number of aromatic amines is 1. The van der Waals surface area contributed by atoms with E-state index in [0.29, 0.717) is 6.61 Å². The number of H-pyrrole nitrogens is 1. The molecule has 3 heterocycles. The highest BCUT2D eigenvalue weighted by Crippen LogP contribution is 2.34. The largest absolute Gasteiger partial charge is 0.493 e. The SMILES string of the molecule is Nc1cccc2c(-c3ncnc4cc(OCCCN5CCOCC5)ccc34)c[nH]c12. The minimum absolute atomic E-state index is 0.683. The summed E-state index contributed by atoms with van der Waals surface area (Å²) in [5, 5.41) is 2.04. The number of nitrogens with two attached hydrogens (primary N) is 1. The lowest BCUT2D eigenvalue weighted by atomic mass is 10.1. The second kappa shape index (κ2) is 8.30. The number of anilines is 1. The molecule has 0 radical (unpaired) electrons. The van der Waals surface area contributed by atoms with Gasteiger partial charge in [-0.2, -0.15) is 0 Å². The van der Waals surface area contributed by atoms with Gasteiger partial charge in [-0.25, -0.2) is 9.97 Å². The van der Waals surface area contributed by atoms with Crippen LogP contribution < -0.4 is 10.5 Å². The average molecular weight is 403 g/mol. The average Bonchev–Trinajstić information content (AvgIpc) is 3.22. The van der Waals surface area contributed by atoms with Gasteiger partial charge in [-0.1, -0.05) is 12.1 Å². The Morgan fingerprint density at radius 1 is 1.10 bits per heavy atom. The first-order valence-electron chi connectivity index (χ1n) is 10.3. The Morgan fingerprint density at radius 2 is 2.00 bits per heavy atom. The lowest BCUT2D eigenvalue weighted by Gasteiger charge is -2.26. The molecule has 7 heteroatoms. The van der Waals surface area contributed by atoms with Crippen molar-refractivity contribution in [3.05, 3.63) is 48.9 Å². The minimum atomic E-state index is 0.683. The van der Waals surface area contributed by atoms with Crippen LogP contribution in [0.5, 0.6) is 5.75 Å².